The maximum atomic E-state index is 12.6. The van der Waals surface area contributed by atoms with E-state index < -0.39 is 5.97 Å². The first-order chi connectivity index (χ1) is 18.1. The van der Waals surface area contributed by atoms with Crippen molar-refractivity contribution in [3.63, 3.8) is 0 Å². The van der Waals surface area contributed by atoms with E-state index in [4.69, 9.17) is 5.11 Å². The Kier molecular flexibility index (Phi) is 9.70. The largest absolute Gasteiger partial charge is 0.478 e. The molecule has 10 heteroatoms. The van der Waals surface area contributed by atoms with Gasteiger partial charge in [-0.25, -0.2) is 14.8 Å². The van der Waals surface area contributed by atoms with Crippen molar-refractivity contribution in [3.8, 4) is 0 Å². The van der Waals surface area contributed by atoms with Crippen LogP contribution in [0.4, 0.5) is 11.9 Å². The van der Waals surface area contributed by atoms with Gasteiger partial charge >= 0.3 is 5.97 Å². The second kappa shape index (κ2) is 13.6. The first-order valence-electron chi connectivity index (χ1n) is 12.5. The third kappa shape index (κ3) is 8.45. The van der Waals surface area contributed by atoms with Crippen molar-refractivity contribution >= 4 is 35.5 Å². The lowest BCUT2D eigenvalue weighted by Gasteiger charge is -2.28. The Morgan fingerprint density at radius 1 is 0.919 bits per heavy atom. The summed E-state index contributed by atoms with van der Waals surface area (Å²) in [6.07, 6.45) is 4.80. The number of amides is 1. The molecular weight excluding hydrogens is 488 g/mol. The highest BCUT2D eigenvalue weighted by molar-refractivity contribution is 7.98. The molecule has 0 atom stereocenters. The van der Waals surface area contributed by atoms with E-state index in [0.29, 0.717) is 18.4 Å². The lowest BCUT2D eigenvalue weighted by Crippen LogP contribution is -2.35. The van der Waals surface area contributed by atoms with Gasteiger partial charge in [0.25, 0.3) is 0 Å². The number of carboxylic acids is 1. The standard InChI is InChI=1S/C27H32N6O3S/c34-24(29-16-19-6-8-22(9-7-19)25(35)36)21-10-12-23(13-11-21)32-27-31-18-30-26(33-27)28-14-15-37-17-20-4-2-1-3-5-20/h1-9,18,21,23H,10-17H2,(H,29,34)(H,35,36)(H2,28,30,31,32,33). The van der Waals surface area contributed by atoms with Crippen molar-refractivity contribution in [3.05, 3.63) is 77.6 Å². The molecule has 9 nitrogen and oxygen atoms in total. The van der Waals surface area contributed by atoms with E-state index in [0.717, 1.165) is 49.3 Å². The fourth-order valence-electron chi connectivity index (χ4n) is 4.23. The van der Waals surface area contributed by atoms with E-state index in [1.165, 1.54) is 11.9 Å². The fraction of sp³-hybridized carbons (Fsp3) is 0.370. The van der Waals surface area contributed by atoms with Crippen LogP contribution in [0, 0.1) is 5.92 Å². The number of carbonyl (C=O) groups is 2. The van der Waals surface area contributed by atoms with Gasteiger partial charge in [0.15, 0.2) is 0 Å². The van der Waals surface area contributed by atoms with Gasteiger partial charge in [0.05, 0.1) is 5.56 Å². The molecule has 0 unspecified atom stereocenters. The first kappa shape index (κ1) is 26.4. The van der Waals surface area contributed by atoms with Crippen molar-refractivity contribution in [2.75, 3.05) is 22.9 Å². The third-order valence-corrected chi connectivity index (χ3v) is 7.34. The van der Waals surface area contributed by atoms with Crippen molar-refractivity contribution in [2.45, 2.75) is 44.0 Å². The quantitative estimate of drug-likeness (QED) is 0.260. The van der Waals surface area contributed by atoms with Crippen LogP contribution in [0.1, 0.15) is 47.2 Å². The van der Waals surface area contributed by atoms with Gasteiger partial charge in [0.2, 0.25) is 17.8 Å². The molecule has 0 bridgehead atoms. The van der Waals surface area contributed by atoms with E-state index in [9.17, 15) is 9.59 Å². The van der Waals surface area contributed by atoms with Crippen molar-refractivity contribution in [1.29, 1.82) is 0 Å². The minimum absolute atomic E-state index is 0.0275. The molecular formula is C27H32N6O3S. The summed E-state index contributed by atoms with van der Waals surface area (Å²) in [5, 5.41) is 18.6. The zero-order valence-corrected chi connectivity index (χ0v) is 21.4. The Balaban J connectivity index is 1.14. The van der Waals surface area contributed by atoms with Crippen molar-refractivity contribution < 1.29 is 14.7 Å². The van der Waals surface area contributed by atoms with Gasteiger partial charge in [0.1, 0.15) is 6.33 Å². The Morgan fingerprint density at radius 2 is 1.65 bits per heavy atom. The topological polar surface area (TPSA) is 129 Å². The maximum Gasteiger partial charge on any atom is 0.335 e. The van der Waals surface area contributed by atoms with Crippen LogP contribution in [0.5, 0.6) is 0 Å². The van der Waals surface area contributed by atoms with E-state index >= 15 is 0 Å². The van der Waals surface area contributed by atoms with Gasteiger partial charge < -0.3 is 21.1 Å². The van der Waals surface area contributed by atoms with Crippen LogP contribution in [0.2, 0.25) is 0 Å². The number of nitrogens with zero attached hydrogens (tertiary/aromatic N) is 3. The molecule has 1 aliphatic rings. The lowest BCUT2D eigenvalue weighted by molar-refractivity contribution is -0.126. The molecule has 0 radical (unpaired) electrons. The molecule has 194 valence electrons. The van der Waals surface area contributed by atoms with Crippen LogP contribution in [0.15, 0.2) is 60.9 Å². The Labute approximate surface area is 220 Å². The van der Waals surface area contributed by atoms with Gasteiger partial charge in [0, 0.05) is 36.6 Å². The van der Waals surface area contributed by atoms with E-state index in [-0.39, 0.29) is 23.4 Å². The molecule has 0 saturated heterocycles. The molecule has 1 aliphatic carbocycles. The fourth-order valence-corrected chi connectivity index (χ4v) is 5.05. The minimum atomic E-state index is -0.959. The highest BCUT2D eigenvalue weighted by Crippen LogP contribution is 2.26. The average molecular weight is 521 g/mol. The van der Waals surface area contributed by atoms with Gasteiger partial charge in [-0.3, -0.25) is 4.79 Å². The third-order valence-electron chi connectivity index (χ3n) is 6.31. The highest BCUT2D eigenvalue weighted by atomic mass is 32.2. The van der Waals surface area contributed by atoms with E-state index in [1.807, 2.05) is 17.8 Å². The summed E-state index contributed by atoms with van der Waals surface area (Å²) in [6, 6.07) is 17.2. The molecule has 1 fully saturated rings. The number of rotatable bonds is 12. The van der Waals surface area contributed by atoms with Crippen LogP contribution in [-0.4, -0.2) is 50.3 Å². The predicted molar refractivity (Wildman–Crippen MR) is 146 cm³/mol. The number of anilines is 2. The summed E-state index contributed by atoms with van der Waals surface area (Å²) < 4.78 is 0. The molecule has 1 saturated carbocycles. The molecule has 0 aliphatic heterocycles. The van der Waals surface area contributed by atoms with Gasteiger partial charge in [-0.15, -0.1) is 0 Å². The van der Waals surface area contributed by atoms with Crippen molar-refractivity contribution in [1.82, 2.24) is 20.3 Å². The number of hydrogen-bond acceptors (Lipinski definition) is 8. The second-order valence-corrected chi connectivity index (χ2v) is 10.1. The molecule has 0 spiro atoms. The van der Waals surface area contributed by atoms with Crippen LogP contribution in [-0.2, 0) is 17.1 Å². The summed E-state index contributed by atoms with van der Waals surface area (Å²) >= 11 is 1.86. The Morgan fingerprint density at radius 3 is 2.38 bits per heavy atom. The van der Waals surface area contributed by atoms with Gasteiger partial charge in [-0.1, -0.05) is 42.5 Å². The number of benzene rings is 2. The molecule has 1 aromatic heterocycles. The number of hydrogen-bond donors (Lipinski definition) is 4. The summed E-state index contributed by atoms with van der Waals surface area (Å²) in [4.78, 5) is 36.5. The molecule has 1 amide bonds. The maximum absolute atomic E-state index is 12.6. The number of aromatic carboxylic acids is 1. The number of carbonyl (C=O) groups excluding carboxylic acids is 1. The molecule has 4 N–H and O–H groups in total. The average Bonchev–Trinajstić information content (AvgIpc) is 2.93. The van der Waals surface area contributed by atoms with Gasteiger partial charge in [-0.05, 0) is 48.9 Å². The smallest absolute Gasteiger partial charge is 0.335 e. The van der Waals surface area contributed by atoms with E-state index in [1.54, 1.807) is 24.3 Å². The normalized spacial score (nSPS) is 17.1. The minimum Gasteiger partial charge on any atom is -0.478 e. The summed E-state index contributed by atoms with van der Waals surface area (Å²) in [5.41, 5.74) is 2.43. The van der Waals surface area contributed by atoms with Crippen LogP contribution < -0.4 is 16.0 Å². The molecule has 37 heavy (non-hydrogen) atoms. The molecule has 1 heterocycles. The zero-order valence-electron chi connectivity index (χ0n) is 20.6. The number of aromatic nitrogens is 3. The number of carboxylic acid groups (broad SMARTS) is 1. The van der Waals surface area contributed by atoms with Crippen LogP contribution in [0.25, 0.3) is 0 Å². The molecule has 3 aromatic rings. The summed E-state index contributed by atoms with van der Waals surface area (Å²) in [6.45, 7) is 1.16. The second-order valence-electron chi connectivity index (χ2n) is 9.01. The van der Waals surface area contributed by atoms with Crippen LogP contribution >= 0.6 is 11.8 Å². The molecule has 4 rings (SSSR count). The first-order valence-corrected chi connectivity index (χ1v) is 13.6. The summed E-state index contributed by atoms with van der Waals surface area (Å²) in [5.74, 6) is 2.09. The Bertz CT molecular complexity index is 1150. The Hall–Kier alpha value is -3.66. The van der Waals surface area contributed by atoms with Crippen LogP contribution in [0.3, 0.4) is 0 Å². The van der Waals surface area contributed by atoms with Crippen molar-refractivity contribution in [2.24, 2.45) is 5.92 Å². The highest BCUT2D eigenvalue weighted by Gasteiger charge is 2.26. The monoisotopic (exact) mass is 520 g/mol. The SMILES string of the molecule is O=C(O)c1ccc(CNC(=O)C2CCC(Nc3ncnc(NCCSCc4ccccc4)n3)CC2)cc1. The lowest BCUT2D eigenvalue weighted by atomic mass is 9.85. The van der Waals surface area contributed by atoms with E-state index in [2.05, 4.69) is 55.2 Å². The molecule has 2 aromatic carbocycles. The zero-order chi connectivity index (χ0) is 25.9. The summed E-state index contributed by atoms with van der Waals surface area (Å²) in [7, 11) is 0. The number of nitrogens with one attached hydrogen (secondary N) is 3. The predicted octanol–water partition coefficient (Wildman–Crippen LogP) is 4.20. The van der Waals surface area contributed by atoms with Gasteiger partial charge in [-0.2, -0.15) is 16.7 Å². The number of thioether (sulfide) groups is 1.